The van der Waals surface area contributed by atoms with E-state index in [1.54, 1.807) is 37.3 Å². The van der Waals surface area contributed by atoms with Crippen molar-refractivity contribution in [2.45, 2.75) is 25.7 Å². The van der Waals surface area contributed by atoms with E-state index in [0.717, 1.165) is 11.1 Å². The van der Waals surface area contributed by atoms with Crippen molar-refractivity contribution in [2.24, 2.45) is 17.8 Å². The van der Waals surface area contributed by atoms with Crippen LogP contribution >= 0.6 is 22.6 Å². The van der Waals surface area contributed by atoms with E-state index < -0.39 is 23.7 Å². The number of phenolic OH excluding ortho intramolecular Hbond substituents is 1. The molecule has 0 saturated carbocycles. The van der Waals surface area contributed by atoms with Gasteiger partial charge in [-0.05, 0) is 89.7 Å². The number of rotatable bonds is 4. The first-order valence-electron chi connectivity index (χ1n) is 13.0. The number of carbonyl (C=O) groups is 4. The first-order chi connectivity index (χ1) is 19.2. The van der Waals surface area contributed by atoms with Crippen molar-refractivity contribution < 1.29 is 29.0 Å². The van der Waals surface area contributed by atoms with Crippen LogP contribution in [0.3, 0.4) is 0 Å². The van der Waals surface area contributed by atoms with Gasteiger partial charge in [0, 0.05) is 22.6 Å². The number of anilines is 1. The number of benzene rings is 2. The number of nitrogens with zero attached hydrogens (tertiary/aromatic N) is 1. The molecular weight excluding hydrogens is 621 g/mol. The maximum absolute atomic E-state index is 14.0. The number of phenols is 1. The summed E-state index contributed by atoms with van der Waals surface area (Å²) in [6, 6.07) is 10.6. The highest BCUT2D eigenvalue weighted by Gasteiger charge is 2.56. The van der Waals surface area contributed by atoms with Gasteiger partial charge in [0.2, 0.25) is 11.8 Å². The molecule has 0 radical (unpaired) electrons. The molecule has 7 nitrogen and oxygen atoms in total. The number of aromatic hydroxyl groups is 1. The quantitative estimate of drug-likeness (QED) is 0.210. The molecule has 0 unspecified atom stereocenters. The predicted octanol–water partition coefficient (Wildman–Crippen LogP) is 5.28. The second-order valence-electron chi connectivity index (χ2n) is 10.6. The van der Waals surface area contributed by atoms with Crippen LogP contribution in [-0.2, 0) is 19.2 Å². The summed E-state index contributed by atoms with van der Waals surface area (Å²) in [6.45, 7) is 5.39. The Morgan fingerprint density at radius 1 is 1.07 bits per heavy atom. The summed E-state index contributed by atoms with van der Waals surface area (Å²) in [4.78, 5) is 55.8. The van der Waals surface area contributed by atoms with Crippen molar-refractivity contribution in [3.05, 3.63) is 92.1 Å². The summed E-state index contributed by atoms with van der Waals surface area (Å²) in [7, 11) is 1.45. The molecule has 1 fully saturated rings. The Hall–Kier alpha value is -3.79. The van der Waals surface area contributed by atoms with E-state index in [1.165, 1.54) is 18.1 Å². The number of halogens is 1. The van der Waals surface area contributed by atoms with Crippen molar-refractivity contribution in [1.82, 2.24) is 0 Å². The highest BCUT2D eigenvalue weighted by atomic mass is 127. The van der Waals surface area contributed by atoms with Gasteiger partial charge in [-0.3, -0.25) is 24.1 Å². The molecule has 1 heterocycles. The molecule has 6 rings (SSSR count). The Morgan fingerprint density at radius 3 is 2.48 bits per heavy atom. The Balaban J connectivity index is 1.49. The average molecular weight is 647 g/mol. The van der Waals surface area contributed by atoms with Crippen molar-refractivity contribution in [3.8, 4) is 11.5 Å². The second kappa shape index (κ2) is 9.69. The molecule has 2 amide bonds. The zero-order valence-corrected chi connectivity index (χ0v) is 24.1. The maximum Gasteiger partial charge on any atom is 0.238 e. The lowest BCUT2D eigenvalue weighted by Crippen LogP contribution is -2.39. The van der Waals surface area contributed by atoms with Crippen LogP contribution in [0.1, 0.15) is 36.8 Å². The molecule has 3 aliphatic carbocycles. The highest BCUT2D eigenvalue weighted by molar-refractivity contribution is 14.1. The SMILES string of the molecule is C=Cc1ccc(N2C(=O)[C@H]3[C@H](CC=C4[C@H](c5cc(I)c(O)c(OC)c5)C5=C(C[C@H]43)C(=O)C=C(C)C5=O)C2=O)cc1. The second-order valence-corrected chi connectivity index (χ2v) is 11.8. The smallest absolute Gasteiger partial charge is 0.238 e. The van der Waals surface area contributed by atoms with Gasteiger partial charge in [-0.1, -0.05) is 36.4 Å². The highest BCUT2D eigenvalue weighted by Crippen LogP contribution is 2.56. The number of hydrogen-bond donors (Lipinski definition) is 1. The summed E-state index contributed by atoms with van der Waals surface area (Å²) in [6.07, 6.45) is 5.60. The van der Waals surface area contributed by atoms with Gasteiger partial charge in [0.25, 0.3) is 0 Å². The van der Waals surface area contributed by atoms with E-state index in [9.17, 15) is 24.3 Å². The van der Waals surface area contributed by atoms with Crippen LogP contribution in [0, 0.1) is 21.3 Å². The zero-order chi connectivity index (χ0) is 28.5. The lowest BCUT2D eigenvalue weighted by molar-refractivity contribution is -0.123. The van der Waals surface area contributed by atoms with E-state index >= 15 is 0 Å². The Labute approximate surface area is 245 Å². The number of ether oxygens (including phenoxy) is 1. The number of fused-ring (bicyclic) bond motifs is 3. The molecule has 8 heteroatoms. The minimum atomic E-state index is -0.656. The van der Waals surface area contributed by atoms with Crippen molar-refractivity contribution in [2.75, 3.05) is 12.0 Å². The van der Waals surface area contributed by atoms with E-state index in [0.29, 0.717) is 38.0 Å². The third-order valence-electron chi connectivity index (χ3n) is 8.56. The van der Waals surface area contributed by atoms with Gasteiger partial charge in [-0.2, -0.15) is 0 Å². The van der Waals surface area contributed by atoms with Crippen LogP contribution in [-0.4, -0.2) is 35.6 Å². The fraction of sp³-hybridized carbons (Fsp3) is 0.250. The number of Topliss-reactive ketones (excluding diaryl/α,β-unsaturated/α-hetero) is 1. The summed E-state index contributed by atoms with van der Waals surface area (Å²) >= 11 is 2.01. The Morgan fingerprint density at radius 2 is 1.80 bits per heavy atom. The van der Waals surface area contributed by atoms with Crippen molar-refractivity contribution >= 4 is 57.7 Å². The zero-order valence-electron chi connectivity index (χ0n) is 21.9. The first-order valence-corrected chi connectivity index (χ1v) is 14.1. The van der Waals surface area contributed by atoms with Gasteiger partial charge in [-0.25, -0.2) is 0 Å². The fourth-order valence-electron chi connectivity index (χ4n) is 6.67. The van der Waals surface area contributed by atoms with Crippen LogP contribution < -0.4 is 9.64 Å². The van der Waals surface area contributed by atoms with Gasteiger partial charge >= 0.3 is 0 Å². The van der Waals surface area contributed by atoms with Crippen molar-refractivity contribution in [3.63, 3.8) is 0 Å². The molecule has 4 aliphatic rings. The van der Waals surface area contributed by atoms with Crippen LogP contribution in [0.25, 0.3) is 6.08 Å². The third kappa shape index (κ3) is 3.83. The molecule has 4 atom stereocenters. The van der Waals surface area contributed by atoms with E-state index in [-0.39, 0.29) is 41.3 Å². The lowest BCUT2D eigenvalue weighted by Gasteiger charge is -2.42. The number of amides is 2. The molecule has 2 aromatic carbocycles. The van der Waals surface area contributed by atoms with Gasteiger partial charge in [-0.15, -0.1) is 0 Å². The molecule has 2 aromatic rings. The largest absolute Gasteiger partial charge is 0.504 e. The minimum absolute atomic E-state index is 0.0112. The predicted molar refractivity (Wildman–Crippen MR) is 158 cm³/mol. The van der Waals surface area contributed by atoms with Crippen LogP contribution in [0.5, 0.6) is 11.5 Å². The van der Waals surface area contributed by atoms with E-state index in [1.807, 2.05) is 40.8 Å². The molecule has 40 heavy (non-hydrogen) atoms. The molecule has 202 valence electrons. The topological polar surface area (TPSA) is 101 Å². The standard InChI is InChI=1S/C32H26INO6/c1-4-16-5-7-18(8-6-16)34-31(38)20-10-9-19-21(27(20)32(34)39)14-22-24(35)11-15(2)29(36)28(22)26(19)17-12-23(33)30(37)25(13-17)40-3/h4-9,11-13,20-21,26-27,37H,1,10,14H2,2-3H3/t20-,21+,26-,27-/m0/s1. The monoisotopic (exact) mass is 647 g/mol. The van der Waals surface area contributed by atoms with Gasteiger partial charge in [0.05, 0.1) is 28.2 Å². The Kier molecular flexibility index (Phi) is 6.40. The maximum atomic E-state index is 14.0. The van der Waals surface area contributed by atoms with Crippen LogP contribution in [0.4, 0.5) is 5.69 Å². The normalized spacial score (nSPS) is 25.7. The summed E-state index contributed by atoms with van der Waals surface area (Å²) in [5, 5.41) is 10.5. The van der Waals surface area contributed by atoms with Gasteiger partial charge < -0.3 is 9.84 Å². The summed E-state index contributed by atoms with van der Waals surface area (Å²) < 4.78 is 5.95. The third-order valence-corrected chi connectivity index (χ3v) is 9.38. The molecule has 1 aliphatic heterocycles. The molecule has 0 bridgehead atoms. The molecule has 1 N–H and O–H groups in total. The Bertz CT molecular complexity index is 1630. The minimum Gasteiger partial charge on any atom is -0.504 e. The molecular formula is C32H26INO6. The lowest BCUT2D eigenvalue weighted by atomic mass is 9.59. The van der Waals surface area contributed by atoms with E-state index in [4.69, 9.17) is 4.74 Å². The van der Waals surface area contributed by atoms with Gasteiger partial charge in [0.1, 0.15) is 0 Å². The summed E-state index contributed by atoms with van der Waals surface area (Å²) in [5.74, 6) is -3.01. The molecule has 0 aromatic heterocycles. The number of carbonyl (C=O) groups excluding carboxylic acids is 4. The van der Waals surface area contributed by atoms with Crippen LogP contribution in [0.15, 0.2) is 77.4 Å². The van der Waals surface area contributed by atoms with E-state index in [2.05, 4.69) is 6.58 Å². The average Bonchev–Trinajstić information content (AvgIpc) is 3.21. The number of hydrogen-bond acceptors (Lipinski definition) is 6. The van der Waals surface area contributed by atoms with Crippen LogP contribution in [0.2, 0.25) is 0 Å². The molecule has 0 spiro atoms. The number of methoxy groups -OCH3 is 1. The molecule has 1 saturated heterocycles. The number of allylic oxidation sites excluding steroid dienone is 6. The number of ketones is 2. The fourth-order valence-corrected chi connectivity index (χ4v) is 7.30. The first kappa shape index (κ1) is 26.4. The van der Waals surface area contributed by atoms with Crippen molar-refractivity contribution in [1.29, 1.82) is 0 Å². The van der Waals surface area contributed by atoms with Gasteiger partial charge in [0.15, 0.2) is 23.1 Å². The summed E-state index contributed by atoms with van der Waals surface area (Å²) in [5.41, 5.74) is 4.08. The number of imide groups is 1.